The van der Waals surface area contributed by atoms with Gasteiger partial charge in [-0.15, -0.1) is 0 Å². The molecule has 0 aromatic heterocycles. The van der Waals surface area contributed by atoms with Gasteiger partial charge in [-0.2, -0.15) is 0 Å². The zero-order valence-corrected chi connectivity index (χ0v) is 7.82. The highest BCUT2D eigenvalue weighted by Crippen LogP contribution is 2.00. The van der Waals surface area contributed by atoms with Crippen LogP contribution in [0.3, 0.4) is 0 Å². The zero-order chi connectivity index (χ0) is 10.6. The number of amides is 1. The molecule has 1 aliphatic heterocycles. The maximum Gasteiger partial charge on any atom is 0.321 e. The third-order valence-corrected chi connectivity index (χ3v) is 2.18. The van der Waals surface area contributed by atoms with Gasteiger partial charge in [0, 0.05) is 25.6 Å². The molecule has 1 fully saturated rings. The summed E-state index contributed by atoms with van der Waals surface area (Å²) in [5.41, 5.74) is 5.20. The van der Waals surface area contributed by atoms with Crippen molar-refractivity contribution in [3.8, 4) is 0 Å². The number of hydrogen-bond donors (Lipinski definition) is 4. The number of carboxylic acid groups (broad SMARTS) is 1. The van der Waals surface area contributed by atoms with Crippen LogP contribution >= 0.6 is 0 Å². The first kappa shape index (κ1) is 10.9. The van der Waals surface area contributed by atoms with Crippen LogP contribution in [0.1, 0.15) is 6.42 Å². The largest absolute Gasteiger partial charge is 0.480 e. The van der Waals surface area contributed by atoms with Gasteiger partial charge in [-0.25, -0.2) is 0 Å². The first-order valence-corrected chi connectivity index (χ1v) is 4.55. The Bertz CT molecular complexity index is 228. The summed E-state index contributed by atoms with van der Waals surface area (Å²) in [7, 11) is 0. The number of rotatable bonds is 5. The fourth-order valence-electron chi connectivity index (χ4n) is 1.11. The number of nitrogens with one attached hydrogen (secondary N) is 2. The summed E-state index contributed by atoms with van der Waals surface area (Å²) >= 11 is 0. The van der Waals surface area contributed by atoms with Gasteiger partial charge in [0.05, 0.1) is 6.42 Å². The molecule has 0 aromatic carbocycles. The normalized spacial score (nSPS) is 18.4. The number of carboxylic acids is 1. The van der Waals surface area contributed by atoms with E-state index in [1.54, 1.807) is 0 Å². The van der Waals surface area contributed by atoms with Crippen molar-refractivity contribution < 1.29 is 14.7 Å². The predicted octanol–water partition coefficient (Wildman–Crippen LogP) is -1.88. The molecule has 80 valence electrons. The van der Waals surface area contributed by atoms with Crippen molar-refractivity contribution in [2.24, 2.45) is 11.7 Å². The Labute approximate surface area is 81.8 Å². The van der Waals surface area contributed by atoms with Gasteiger partial charge in [0.1, 0.15) is 6.04 Å². The van der Waals surface area contributed by atoms with Crippen LogP contribution < -0.4 is 16.4 Å². The van der Waals surface area contributed by atoms with E-state index in [1.165, 1.54) is 0 Å². The molecule has 1 aliphatic rings. The molecule has 5 N–H and O–H groups in total. The Balaban J connectivity index is 2.11. The monoisotopic (exact) mass is 201 g/mol. The molecule has 0 saturated carbocycles. The highest BCUT2D eigenvalue weighted by atomic mass is 16.4. The highest BCUT2D eigenvalue weighted by molar-refractivity contribution is 5.84. The second kappa shape index (κ2) is 4.92. The van der Waals surface area contributed by atoms with Crippen LogP contribution in [0.2, 0.25) is 0 Å². The molecule has 1 unspecified atom stereocenters. The van der Waals surface area contributed by atoms with Crippen molar-refractivity contribution in [2.45, 2.75) is 12.5 Å². The smallest absolute Gasteiger partial charge is 0.321 e. The number of carbonyl (C=O) groups excluding carboxylic acids is 1. The Morgan fingerprint density at radius 3 is 2.64 bits per heavy atom. The van der Waals surface area contributed by atoms with Crippen LogP contribution in [0.5, 0.6) is 0 Å². The van der Waals surface area contributed by atoms with Crippen molar-refractivity contribution in [1.82, 2.24) is 10.6 Å². The molecule has 14 heavy (non-hydrogen) atoms. The van der Waals surface area contributed by atoms with Gasteiger partial charge in [-0.05, 0) is 0 Å². The fourth-order valence-corrected chi connectivity index (χ4v) is 1.11. The molecule has 1 amide bonds. The van der Waals surface area contributed by atoms with Gasteiger partial charge < -0.3 is 21.5 Å². The molecule has 0 bridgehead atoms. The Kier molecular flexibility index (Phi) is 3.84. The molecule has 0 radical (unpaired) electrons. The van der Waals surface area contributed by atoms with Crippen molar-refractivity contribution in [3.63, 3.8) is 0 Å². The van der Waals surface area contributed by atoms with E-state index >= 15 is 0 Å². The van der Waals surface area contributed by atoms with Crippen LogP contribution in [0.4, 0.5) is 0 Å². The number of hydrogen-bond acceptors (Lipinski definition) is 4. The minimum Gasteiger partial charge on any atom is -0.480 e. The maximum absolute atomic E-state index is 11.1. The lowest BCUT2D eigenvalue weighted by molar-refractivity contribution is -0.140. The minimum atomic E-state index is -1.15. The summed E-state index contributed by atoms with van der Waals surface area (Å²) in [5, 5.41) is 14.2. The second-order valence-corrected chi connectivity index (χ2v) is 3.48. The molecular formula is C8H15N3O3. The lowest BCUT2D eigenvalue weighted by atomic mass is 10.0. The van der Waals surface area contributed by atoms with Crippen LogP contribution in [-0.4, -0.2) is 42.7 Å². The third-order valence-electron chi connectivity index (χ3n) is 2.18. The summed E-state index contributed by atoms with van der Waals surface area (Å²) in [6, 6.07) is -1.10. The Hall–Kier alpha value is -1.14. The lowest BCUT2D eigenvalue weighted by Gasteiger charge is -2.27. The Morgan fingerprint density at radius 1 is 1.57 bits per heavy atom. The molecule has 0 spiro atoms. The van der Waals surface area contributed by atoms with Crippen LogP contribution in [-0.2, 0) is 9.59 Å². The highest BCUT2D eigenvalue weighted by Gasteiger charge is 2.19. The summed E-state index contributed by atoms with van der Waals surface area (Å²) in [4.78, 5) is 21.5. The second-order valence-electron chi connectivity index (χ2n) is 3.48. The summed E-state index contributed by atoms with van der Waals surface area (Å²) in [5.74, 6) is -0.975. The van der Waals surface area contributed by atoms with E-state index in [0.717, 1.165) is 13.1 Å². The lowest BCUT2D eigenvalue weighted by Crippen LogP contribution is -2.48. The van der Waals surface area contributed by atoms with Gasteiger partial charge in [0.15, 0.2) is 0 Å². The van der Waals surface area contributed by atoms with E-state index in [1.807, 2.05) is 0 Å². The summed E-state index contributed by atoms with van der Waals surface area (Å²) in [6.45, 7) is 2.41. The maximum atomic E-state index is 11.1. The van der Waals surface area contributed by atoms with E-state index in [-0.39, 0.29) is 12.3 Å². The van der Waals surface area contributed by atoms with Crippen molar-refractivity contribution in [3.05, 3.63) is 0 Å². The molecule has 1 heterocycles. The Morgan fingerprint density at radius 2 is 2.21 bits per heavy atom. The van der Waals surface area contributed by atoms with E-state index < -0.39 is 12.0 Å². The van der Waals surface area contributed by atoms with Crippen molar-refractivity contribution in [1.29, 1.82) is 0 Å². The van der Waals surface area contributed by atoms with Crippen LogP contribution in [0.15, 0.2) is 0 Å². The summed E-state index contributed by atoms with van der Waals surface area (Å²) in [6.07, 6.45) is -0.157. The molecule has 0 aromatic rings. The minimum absolute atomic E-state index is 0.157. The van der Waals surface area contributed by atoms with E-state index in [2.05, 4.69) is 10.6 Å². The zero-order valence-electron chi connectivity index (χ0n) is 7.82. The van der Waals surface area contributed by atoms with Crippen LogP contribution in [0, 0.1) is 5.92 Å². The van der Waals surface area contributed by atoms with Gasteiger partial charge in [0.2, 0.25) is 5.91 Å². The van der Waals surface area contributed by atoms with Gasteiger partial charge in [-0.3, -0.25) is 9.59 Å². The molecule has 1 saturated heterocycles. The average Bonchev–Trinajstić information content (AvgIpc) is 2.00. The molecule has 6 nitrogen and oxygen atoms in total. The first-order chi connectivity index (χ1) is 6.59. The number of carbonyl (C=O) groups is 2. The van der Waals surface area contributed by atoms with Crippen molar-refractivity contribution >= 4 is 11.9 Å². The topological polar surface area (TPSA) is 104 Å². The number of aliphatic carboxylic acids is 1. The van der Waals surface area contributed by atoms with Gasteiger partial charge in [-0.1, -0.05) is 0 Å². The first-order valence-electron chi connectivity index (χ1n) is 4.55. The molecule has 6 heteroatoms. The molecule has 1 rings (SSSR count). The third kappa shape index (κ3) is 3.31. The molecule has 0 aliphatic carbocycles. The quantitative estimate of drug-likeness (QED) is 0.417. The van der Waals surface area contributed by atoms with Crippen LogP contribution in [0.25, 0.3) is 0 Å². The fraction of sp³-hybridized carbons (Fsp3) is 0.750. The molecular weight excluding hydrogens is 186 g/mol. The SMILES string of the molecule is NC(CC(=O)NCC1CNC1)C(=O)O. The van der Waals surface area contributed by atoms with E-state index in [4.69, 9.17) is 10.8 Å². The van der Waals surface area contributed by atoms with E-state index in [9.17, 15) is 9.59 Å². The summed E-state index contributed by atoms with van der Waals surface area (Å²) < 4.78 is 0. The molecule has 1 atom stereocenters. The number of nitrogens with two attached hydrogens (primary N) is 1. The van der Waals surface area contributed by atoms with Crippen molar-refractivity contribution in [2.75, 3.05) is 19.6 Å². The average molecular weight is 201 g/mol. The predicted molar refractivity (Wildman–Crippen MR) is 49.6 cm³/mol. The van der Waals surface area contributed by atoms with Gasteiger partial charge >= 0.3 is 5.97 Å². The van der Waals surface area contributed by atoms with Gasteiger partial charge in [0.25, 0.3) is 0 Å². The van der Waals surface area contributed by atoms with E-state index in [0.29, 0.717) is 12.5 Å². The standard InChI is InChI=1S/C8H15N3O3/c9-6(8(13)14)1-7(12)11-4-5-2-10-3-5/h5-6,10H,1-4,9H2,(H,11,12)(H,13,14).